The van der Waals surface area contributed by atoms with Crippen LogP contribution in [0.25, 0.3) is 0 Å². The van der Waals surface area contributed by atoms with Crippen LogP contribution in [0, 0.1) is 0 Å². The summed E-state index contributed by atoms with van der Waals surface area (Å²) in [5.41, 5.74) is 0. The molecule has 0 bridgehead atoms. The summed E-state index contributed by atoms with van der Waals surface area (Å²) in [6.45, 7) is 14.8. The molecule has 0 fully saturated rings. The molecule has 0 aromatic carbocycles. The monoisotopic (exact) mass is 531 g/mol. The van der Waals surface area contributed by atoms with Gasteiger partial charge in [0.1, 0.15) is 0 Å². The zero-order chi connectivity index (χ0) is 21.2. The van der Waals surface area contributed by atoms with Gasteiger partial charge < -0.3 is 90.5 Å². The van der Waals surface area contributed by atoms with Crippen LogP contribution in [0.1, 0.15) is 41.5 Å². The van der Waals surface area contributed by atoms with Crippen LogP contribution < -0.4 is 16.0 Å². The number of rotatable bonds is 8. The molecule has 27 heavy (non-hydrogen) atoms. The second kappa shape index (κ2) is 24.3. The molecule has 0 heterocycles. The Morgan fingerprint density at radius 1 is 0.778 bits per heavy atom. The Morgan fingerprint density at radius 3 is 1.30 bits per heavy atom. The average molecular weight is 532 g/mol. The molecule has 3 N–H and O–H groups in total. The van der Waals surface area contributed by atoms with Crippen LogP contribution in [-0.4, -0.2) is 94.5 Å². The van der Waals surface area contributed by atoms with Gasteiger partial charge in [0.2, 0.25) is 0 Å². The molecular weight excluding hydrogens is 498 g/mol. The van der Waals surface area contributed by atoms with E-state index in [1.54, 1.807) is 0 Å². The molecule has 1 unspecified atom stereocenters. The van der Waals surface area contributed by atoms with Crippen LogP contribution in [0.15, 0.2) is 0 Å². The van der Waals surface area contributed by atoms with E-state index < -0.39 is 7.26 Å². The fourth-order valence-corrected chi connectivity index (χ4v) is 5.52. The first-order valence-electron chi connectivity index (χ1n) is 8.76. The summed E-state index contributed by atoms with van der Waals surface area (Å²) in [5.74, 6) is 0. The van der Waals surface area contributed by atoms with Gasteiger partial charge in [0.25, 0.3) is 0 Å². The molecule has 0 saturated heterocycles. The summed E-state index contributed by atoms with van der Waals surface area (Å²) >= 11 is 27.6. The zero-order valence-corrected chi connectivity index (χ0v) is 25.4. The van der Waals surface area contributed by atoms with E-state index in [0.29, 0.717) is 19.5 Å². The van der Waals surface area contributed by atoms with E-state index in [1.165, 1.54) is 24.6 Å². The molecule has 0 rings (SSSR count). The van der Waals surface area contributed by atoms with E-state index in [0.717, 1.165) is 6.54 Å². The maximum atomic E-state index is 4.67. The van der Waals surface area contributed by atoms with Gasteiger partial charge in [0.05, 0.1) is 24.6 Å². The predicted octanol–water partition coefficient (Wildman–Crippen LogP) is 3.35. The van der Waals surface area contributed by atoms with Gasteiger partial charge >= 0.3 is 37.7 Å². The van der Waals surface area contributed by atoms with Gasteiger partial charge in [-0.2, -0.15) is 0 Å². The third-order valence-corrected chi connectivity index (χ3v) is 10.1. The molecule has 0 aliphatic carbocycles. The molecule has 0 aliphatic heterocycles. The Hall–Kier alpha value is 2.02. The molecule has 0 saturated carbocycles. The second-order valence-corrected chi connectivity index (χ2v) is 13.9. The van der Waals surface area contributed by atoms with Crippen LogP contribution in [0.2, 0.25) is 0 Å². The molecule has 11 heteroatoms. The number of hydrogen-bond donors (Lipinski definition) is 3. The fourth-order valence-electron chi connectivity index (χ4n) is 1.97. The Labute approximate surface area is 231 Å². The third kappa shape index (κ3) is 28.0. The first kappa shape index (κ1) is 36.4. The van der Waals surface area contributed by atoms with E-state index in [4.69, 9.17) is 0 Å². The van der Waals surface area contributed by atoms with Crippen LogP contribution in [-0.2, 0) is 37.9 Å². The van der Waals surface area contributed by atoms with Gasteiger partial charge in [0, 0.05) is 26.4 Å². The van der Waals surface area contributed by atoms with Gasteiger partial charge in [-0.3, -0.25) is 0 Å². The minimum Gasteiger partial charge on any atom is -0.412 e. The van der Waals surface area contributed by atoms with Crippen LogP contribution >= 0.6 is 43.9 Å². The van der Waals surface area contributed by atoms with Crippen molar-refractivity contribution in [2.45, 2.75) is 47.6 Å². The summed E-state index contributed by atoms with van der Waals surface area (Å²) in [6, 6.07) is 0.167. The molecule has 0 aliphatic rings. The molecular formula is C16H34CaN3PS6. The zero-order valence-electron chi connectivity index (χ0n) is 17.4. The topological polar surface area (TPSA) is 36.1 Å². The maximum Gasteiger partial charge on any atom is 2.00 e. The van der Waals surface area contributed by atoms with Gasteiger partial charge in [-0.15, -0.1) is 0 Å². The Morgan fingerprint density at radius 2 is 1.15 bits per heavy atom. The second-order valence-electron chi connectivity index (χ2n) is 5.43. The van der Waals surface area contributed by atoms with Gasteiger partial charge in [0.15, 0.2) is 0 Å². The minimum absolute atomic E-state index is 0. The number of nitrogens with one attached hydrogen (secondary N) is 3. The standard InChI is InChI=1S/C8H20P.C5H10N2S4.C3H7NS2.Ca/c1-5-9(6-2,7-3)8-4;1-3(7-5(10)11)2-6-4(8)9;1-2-4-3(5)6;/h5-8H2,1-4H3;3H,2H2,1H3,(H2,6,8,9)(H2,7,10,11);2H2,1H3,(H2,4,5,6);/q+1;;;+2/p-3. The van der Waals surface area contributed by atoms with Crippen molar-refractivity contribution in [2.24, 2.45) is 0 Å². The Balaban J connectivity index is -0.000000150. The van der Waals surface area contributed by atoms with Crippen molar-refractivity contribution in [3.8, 4) is 0 Å². The number of thiocarbonyl (C=S) groups is 3. The molecule has 0 aromatic heterocycles. The predicted molar refractivity (Wildman–Crippen MR) is 149 cm³/mol. The summed E-state index contributed by atoms with van der Waals surface area (Å²) in [5, 5.41) is 8.46. The minimum atomic E-state index is -0.420. The SMILES string of the molecule is CC(CNC(=S)[S-])NC(=S)[S-].CCNC(=S)[S-].CC[P+](CC)(CC)CC.[Ca+2]. The summed E-state index contributed by atoms with van der Waals surface area (Å²) < 4.78 is 1.20. The number of hydrogen-bond acceptors (Lipinski definition) is 6. The molecule has 156 valence electrons. The first-order valence-corrected chi connectivity index (χ1v) is 13.7. The maximum absolute atomic E-state index is 4.67. The summed E-state index contributed by atoms with van der Waals surface area (Å²) in [4.78, 5) is 0. The van der Waals surface area contributed by atoms with Gasteiger partial charge in [-0.1, -0.05) is 13.0 Å². The molecule has 3 nitrogen and oxygen atoms in total. The van der Waals surface area contributed by atoms with Gasteiger partial charge in [-0.05, 0) is 41.5 Å². The van der Waals surface area contributed by atoms with E-state index >= 15 is 0 Å². The van der Waals surface area contributed by atoms with Crippen molar-refractivity contribution >= 4 is 133 Å². The van der Waals surface area contributed by atoms with Crippen molar-refractivity contribution in [1.82, 2.24) is 16.0 Å². The first-order chi connectivity index (χ1) is 12.0. The molecule has 1 atom stereocenters. The largest absolute Gasteiger partial charge is 2.00 e. The Bertz CT molecular complexity index is 381. The quantitative estimate of drug-likeness (QED) is 0.189. The summed E-state index contributed by atoms with van der Waals surface area (Å²) in [6.07, 6.45) is 5.82. The third-order valence-electron chi connectivity index (χ3n) is 3.92. The van der Waals surface area contributed by atoms with Gasteiger partial charge in [-0.25, -0.2) is 0 Å². The fraction of sp³-hybridized carbons (Fsp3) is 0.812. The smallest absolute Gasteiger partial charge is 0.412 e. The average Bonchev–Trinajstić information content (AvgIpc) is 2.56. The summed E-state index contributed by atoms with van der Waals surface area (Å²) in [7, 11) is -0.420. The van der Waals surface area contributed by atoms with E-state index in [-0.39, 0.29) is 43.8 Å². The van der Waals surface area contributed by atoms with Crippen LogP contribution in [0.4, 0.5) is 0 Å². The molecule has 0 aromatic rings. The van der Waals surface area contributed by atoms with Crippen molar-refractivity contribution in [3.63, 3.8) is 0 Å². The molecule has 0 spiro atoms. The van der Waals surface area contributed by atoms with Crippen LogP contribution in [0.5, 0.6) is 0 Å². The van der Waals surface area contributed by atoms with Crippen molar-refractivity contribution < 1.29 is 0 Å². The van der Waals surface area contributed by atoms with Crippen LogP contribution in [0.3, 0.4) is 0 Å². The van der Waals surface area contributed by atoms with E-state index in [1.807, 2.05) is 13.8 Å². The van der Waals surface area contributed by atoms with Crippen molar-refractivity contribution in [3.05, 3.63) is 0 Å². The van der Waals surface area contributed by atoms with Crippen molar-refractivity contribution in [2.75, 3.05) is 37.7 Å². The Kier molecular flexibility index (Phi) is 32.7. The normalized spacial score (nSPS) is 10.4. The van der Waals surface area contributed by atoms with E-state index in [2.05, 4.69) is 118 Å². The van der Waals surface area contributed by atoms with E-state index in [9.17, 15) is 0 Å². The molecule has 0 radical (unpaired) electrons. The molecule has 0 amide bonds. The van der Waals surface area contributed by atoms with Crippen molar-refractivity contribution in [1.29, 1.82) is 0 Å².